The fourth-order valence-electron chi connectivity index (χ4n) is 4.12. The van der Waals surface area contributed by atoms with Gasteiger partial charge in [-0.2, -0.15) is 0 Å². The van der Waals surface area contributed by atoms with Crippen molar-refractivity contribution in [1.82, 2.24) is 5.32 Å². The smallest absolute Gasteiger partial charge is 0.387 e. The summed E-state index contributed by atoms with van der Waals surface area (Å²) in [5.74, 6) is -0.211. The second kappa shape index (κ2) is 27.2. The van der Waals surface area contributed by atoms with Crippen LogP contribution in [0.5, 0.6) is 0 Å². The van der Waals surface area contributed by atoms with E-state index in [-0.39, 0.29) is 25.7 Å². The van der Waals surface area contributed by atoms with Crippen LogP contribution in [0.15, 0.2) is 24.3 Å². The molecule has 0 aliphatic heterocycles. The average Bonchev–Trinajstić information content (AvgIpc) is 2.91. The summed E-state index contributed by atoms with van der Waals surface area (Å²) in [7, 11) is -4.32. The monoisotopic (exact) mass is 574 g/mol. The molecule has 0 fully saturated rings. The Morgan fingerprint density at radius 1 is 0.821 bits per heavy atom. The van der Waals surface area contributed by atoms with Crippen molar-refractivity contribution in [3.8, 4) is 0 Å². The van der Waals surface area contributed by atoms with Gasteiger partial charge in [0.2, 0.25) is 5.91 Å². The number of phosphoric acid groups is 1. The Morgan fingerprint density at radius 3 is 1.92 bits per heavy atom. The van der Waals surface area contributed by atoms with E-state index >= 15 is 0 Å². The lowest BCUT2D eigenvalue weighted by Crippen LogP contribution is -2.45. The zero-order valence-corrected chi connectivity index (χ0v) is 25.8. The van der Waals surface area contributed by atoms with E-state index in [9.17, 15) is 19.4 Å². The molecule has 0 aromatic rings. The van der Waals surface area contributed by atoms with E-state index in [1.54, 1.807) is 6.08 Å². The summed E-state index contributed by atoms with van der Waals surface area (Å²) in [4.78, 5) is 22.3. The summed E-state index contributed by atoms with van der Waals surface area (Å²) >= 11 is 0. The van der Waals surface area contributed by atoms with E-state index in [2.05, 4.69) is 31.3 Å². The fourth-order valence-corrected chi connectivity index (χ4v) is 4.88. The quantitative estimate of drug-likeness (QED) is 0.0445. The van der Waals surface area contributed by atoms with Gasteiger partial charge >= 0.3 is 7.82 Å². The Morgan fingerprint density at radius 2 is 1.33 bits per heavy atom. The normalized spacial score (nSPS) is 15.1. The van der Waals surface area contributed by atoms with Gasteiger partial charge in [0, 0.05) is 13.0 Å². The molecule has 0 aromatic carbocycles. The number of unbranched alkanes of at least 4 members (excludes halogenated alkanes) is 14. The van der Waals surface area contributed by atoms with Gasteiger partial charge in [-0.15, -0.1) is 0 Å². The molecule has 230 valence electrons. The van der Waals surface area contributed by atoms with Crippen LogP contribution in [0.3, 0.4) is 0 Å². The lowest BCUT2D eigenvalue weighted by atomic mass is 10.1. The topological polar surface area (TPSA) is 131 Å². The fraction of sp³-hybridized carbons (Fsp3) is 0.833. The molecule has 9 heteroatoms. The average molecular weight is 575 g/mol. The summed E-state index contributed by atoms with van der Waals surface area (Å²) < 4.78 is 21.8. The third-order valence-corrected chi connectivity index (χ3v) is 7.51. The lowest BCUT2D eigenvalue weighted by Gasteiger charge is -2.23. The number of aliphatic hydroxyl groups excluding tert-OH is 1. The Balaban J connectivity index is 4.39. The van der Waals surface area contributed by atoms with E-state index in [0.717, 1.165) is 51.4 Å². The predicted molar refractivity (Wildman–Crippen MR) is 161 cm³/mol. The van der Waals surface area contributed by atoms with Crippen LogP contribution in [0, 0.1) is 0 Å². The molecule has 3 unspecified atom stereocenters. The largest absolute Gasteiger partial charge is 0.472 e. The minimum absolute atomic E-state index is 0.0769. The van der Waals surface area contributed by atoms with Crippen molar-refractivity contribution in [2.75, 3.05) is 19.8 Å². The summed E-state index contributed by atoms with van der Waals surface area (Å²) in [6.07, 6.45) is 26.6. The maximum atomic E-state index is 12.5. The van der Waals surface area contributed by atoms with Crippen LogP contribution in [0.1, 0.15) is 129 Å². The zero-order valence-electron chi connectivity index (χ0n) is 24.9. The van der Waals surface area contributed by atoms with Crippen molar-refractivity contribution in [3.05, 3.63) is 24.3 Å². The van der Waals surface area contributed by atoms with Gasteiger partial charge in [-0.25, -0.2) is 4.57 Å². The summed E-state index contributed by atoms with van der Waals surface area (Å²) in [5.41, 5.74) is 5.31. The molecular formula is C30H59N2O6P. The number of rotatable bonds is 28. The van der Waals surface area contributed by atoms with Crippen LogP contribution >= 0.6 is 7.82 Å². The van der Waals surface area contributed by atoms with Crippen LogP contribution in [0.4, 0.5) is 0 Å². The van der Waals surface area contributed by atoms with Crippen molar-refractivity contribution in [2.24, 2.45) is 5.73 Å². The molecule has 0 bridgehead atoms. The molecule has 8 nitrogen and oxygen atoms in total. The van der Waals surface area contributed by atoms with Crippen molar-refractivity contribution >= 4 is 13.7 Å². The van der Waals surface area contributed by atoms with Crippen molar-refractivity contribution < 1.29 is 28.4 Å². The van der Waals surface area contributed by atoms with Crippen LogP contribution < -0.4 is 11.1 Å². The van der Waals surface area contributed by atoms with E-state index < -0.39 is 20.0 Å². The van der Waals surface area contributed by atoms with Gasteiger partial charge in [0.05, 0.1) is 25.4 Å². The number of carbonyl (C=O) groups excluding carboxylic acids is 1. The van der Waals surface area contributed by atoms with Crippen molar-refractivity contribution in [3.63, 3.8) is 0 Å². The first kappa shape index (κ1) is 38.0. The van der Waals surface area contributed by atoms with Crippen LogP contribution in [0.25, 0.3) is 0 Å². The highest BCUT2D eigenvalue weighted by Crippen LogP contribution is 2.43. The van der Waals surface area contributed by atoms with Crippen molar-refractivity contribution in [2.45, 2.75) is 142 Å². The number of allylic oxidation sites excluding steroid dienone is 3. The third-order valence-electron chi connectivity index (χ3n) is 6.52. The molecule has 0 saturated heterocycles. The Kier molecular flexibility index (Phi) is 26.5. The van der Waals surface area contributed by atoms with E-state index in [0.29, 0.717) is 6.42 Å². The molecule has 0 spiro atoms. The number of nitrogens with one attached hydrogen (secondary N) is 1. The lowest BCUT2D eigenvalue weighted by molar-refractivity contribution is -0.123. The molecule has 0 heterocycles. The summed E-state index contributed by atoms with van der Waals surface area (Å²) in [6.45, 7) is 4.01. The standard InChI is InChI=1S/C30H59N2O6P/c1-3-5-7-9-11-12-13-14-15-16-18-20-22-24-30(34)32-28(27-38-39(35,36)37-26-25-31)29(33)23-21-19-17-10-8-6-4-2/h12-13,21,23,28-29,33H,3-11,14-20,22,24-27,31H2,1-2H3,(H,32,34)(H,35,36)/b13-12-,23-21+. The first-order valence-corrected chi connectivity index (χ1v) is 17.0. The van der Waals surface area contributed by atoms with Crippen LogP contribution in [0.2, 0.25) is 0 Å². The maximum absolute atomic E-state index is 12.5. The SMILES string of the molecule is CCCCCC/C=C\CCCCCCCC(=O)NC(COP(=O)(O)OCCN)C(O)/C=C/CCCCCCC. The van der Waals surface area contributed by atoms with Gasteiger partial charge < -0.3 is 21.1 Å². The molecule has 1 amide bonds. The molecule has 0 aliphatic rings. The first-order valence-electron chi connectivity index (χ1n) is 15.5. The van der Waals surface area contributed by atoms with Gasteiger partial charge in [-0.05, 0) is 44.9 Å². The Bertz CT molecular complexity index is 674. The van der Waals surface area contributed by atoms with Crippen LogP contribution in [-0.4, -0.2) is 47.8 Å². The highest BCUT2D eigenvalue weighted by molar-refractivity contribution is 7.47. The Hall–Kier alpha value is -1.02. The molecule has 0 saturated carbocycles. The van der Waals surface area contributed by atoms with Crippen LogP contribution in [-0.2, 0) is 18.4 Å². The van der Waals surface area contributed by atoms with E-state index in [1.807, 2.05) is 6.08 Å². The van der Waals surface area contributed by atoms with Gasteiger partial charge in [-0.1, -0.05) is 102 Å². The molecular weight excluding hydrogens is 515 g/mol. The number of amides is 1. The minimum atomic E-state index is -4.32. The molecule has 0 aliphatic carbocycles. The second-order valence-corrected chi connectivity index (χ2v) is 11.8. The Labute approximate surface area is 238 Å². The number of nitrogens with two attached hydrogens (primary N) is 1. The number of hydrogen-bond acceptors (Lipinski definition) is 6. The van der Waals surface area contributed by atoms with Gasteiger partial charge in [0.15, 0.2) is 0 Å². The van der Waals surface area contributed by atoms with E-state index in [1.165, 1.54) is 57.8 Å². The number of carbonyl (C=O) groups is 1. The van der Waals surface area contributed by atoms with Gasteiger partial charge in [0.25, 0.3) is 0 Å². The molecule has 0 aromatic heterocycles. The number of phosphoric ester groups is 1. The maximum Gasteiger partial charge on any atom is 0.472 e. The first-order chi connectivity index (χ1) is 18.9. The number of aliphatic hydroxyl groups is 1. The second-order valence-electron chi connectivity index (χ2n) is 10.3. The third kappa shape index (κ3) is 25.7. The van der Waals surface area contributed by atoms with Gasteiger partial charge in [0.1, 0.15) is 0 Å². The van der Waals surface area contributed by atoms with Crippen molar-refractivity contribution in [1.29, 1.82) is 0 Å². The molecule has 0 radical (unpaired) electrons. The molecule has 3 atom stereocenters. The molecule has 39 heavy (non-hydrogen) atoms. The zero-order chi connectivity index (χ0) is 29.0. The van der Waals surface area contributed by atoms with Gasteiger partial charge in [-0.3, -0.25) is 13.8 Å². The summed E-state index contributed by atoms with van der Waals surface area (Å²) in [5, 5.41) is 13.4. The minimum Gasteiger partial charge on any atom is -0.387 e. The predicted octanol–water partition coefficient (Wildman–Crippen LogP) is 7.10. The molecule has 0 rings (SSSR count). The van der Waals surface area contributed by atoms with E-state index in [4.69, 9.17) is 14.8 Å². The summed E-state index contributed by atoms with van der Waals surface area (Å²) in [6, 6.07) is -0.857. The molecule has 5 N–H and O–H groups in total. The highest BCUT2D eigenvalue weighted by Gasteiger charge is 2.26. The number of hydrogen-bond donors (Lipinski definition) is 4. The highest BCUT2D eigenvalue weighted by atomic mass is 31.2.